The molecule has 0 saturated heterocycles. The van der Waals surface area contributed by atoms with E-state index in [1.54, 1.807) is 0 Å². The fraction of sp³-hybridized carbons (Fsp3) is 1.00. The van der Waals surface area contributed by atoms with Gasteiger partial charge in [-0.15, -0.1) is 0 Å². The predicted octanol–water partition coefficient (Wildman–Crippen LogP) is 4.14. The summed E-state index contributed by atoms with van der Waals surface area (Å²) in [4.78, 5) is 0. The number of hydrogen-bond donors (Lipinski definition) is 1. The Labute approximate surface area is 95.3 Å². The van der Waals surface area contributed by atoms with Crippen molar-refractivity contribution in [1.29, 1.82) is 0 Å². The lowest BCUT2D eigenvalue weighted by atomic mass is 9.69. The maximum atomic E-state index is 10.4. The second kappa shape index (κ2) is 4.86. The Balaban J connectivity index is 2.29. The molecular formula is C14H28O. The molecule has 0 bridgehead atoms. The zero-order valence-corrected chi connectivity index (χ0v) is 11.0. The van der Waals surface area contributed by atoms with Gasteiger partial charge in [0.15, 0.2) is 0 Å². The van der Waals surface area contributed by atoms with E-state index in [0.29, 0.717) is 5.41 Å². The largest absolute Gasteiger partial charge is 0.390 e. The zero-order valence-electron chi connectivity index (χ0n) is 11.0. The number of rotatable bonds is 4. The Morgan fingerprint density at radius 1 is 1.07 bits per heavy atom. The Bertz CT molecular complexity index is 184. The van der Waals surface area contributed by atoms with Gasteiger partial charge in [-0.2, -0.15) is 0 Å². The fourth-order valence-corrected chi connectivity index (χ4v) is 2.48. The van der Waals surface area contributed by atoms with Crippen LogP contribution < -0.4 is 0 Å². The Hall–Kier alpha value is -0.0400. The highest BCUT2D eigenvalue weighted by atomic mass is 16.3. The maximum absolute atomic E-state index is 10.4. The Morgan fingerprint density at radius 3 is 2.07 bits per heavy atom. The van der Waals surface area contributed by atoms with Crippen LogP contribution in [-0.4, -0.2) is 10.7 Å². The van der Waals surface area contributed by atoms with Crippen molar-refractivity contribution in [3.63, 3.8) is 0 Å². The van der Waals surface area contributed by atoms with Crippen LogP contribution in [-0.2, 0) is 0 Å². The fourth-order valence-electron chi connectivity index (χ4n) is 2.48. The molecule has 0 aromatic rings. The average Bonchev–Trinajstić information content (AvgIpc) is 2.11. The summed E-state index contributed by atoms with van der Waals surface area (Å²) in [5.74, 6) is 0.772. The molecule has 1 rings (SSSR count). The van der Waals surface area contributed by atoms with E-state index in [0.717, 1.165) is 25.2 Å². The van der Waals surface area contributed by atoms with Crippen LogP contribution in [0.1, 0.15) is 72.6 Å². The summed E-state index contributed by atoms with van der Waals surface area (Å²) >= 11 is 0. The molecule has 1 nitrogen and oxygen atoms in total. The standard InChI is InChI=1S/C14H28O/c1-12(2)6-5-7-14(15)10-8-13(3,4)9-11-14/h12,15H,5-11H2,1-4H3. The first-order chi connectivity index (χ1) is 6.83. The van der Waals surface area contributed by atoms with Gasteiger partial charge in [0.25, 0.3) is 0 Å². The lowest BCUT2D eigenvalue weighted by Crippen LogP contribution is -2.36. The molecule has 0 aliphatic heterocycles. The van der Waals surface area contributed by atoms with Gasteiger partial charge in [0, 0.05) is 0 Å². The maximum Gasteiger partial charge on any atom is 0.0648 e. The molecule has 1 heteroatoms. The van der Waals surface area contributed by atoms with Crippen LogP contribution >= 0.6 is 0 Å². The third-order valence-corrected chi connectivity index (χ3v) is 3.96. The molecule has 1 aliphatic carbocycles. The summed E-state index contributed by atoms with van der Waals surface area (Å²) in [6, 6.07) is 0. The van der Waals surface area contributed by atoms with Crippen molar-refractivity contribution in [2.45, 2.75) is 78.2 Å². The molecule has 90 valence electrons. The second-order valence-corrected chi connectivity index (χ2v) is 6.67. The van der Waals surface area contributed by atoms with Crippen LogP contribution in [0.5, 0.6) is 0 Å². The molecule has 0 unspecified atom stereocenters. The lowest BCUT2D eigenvalue weighted by Gasteiger charge is -2.40. The van der Waals surface area contributed by atoms with Gasteiger partial charge in [0.05, 0.1) is 5.60 Å². The highest BCUT2D eigenvalue weighted by Crippen LogP contribution is 2.42. The van der Waals surface area contributed by atoms with Crippen molar-refractivity contribution in [2.75, 3.05) is 0 Å². The second-order valence-electron chi connectivity index (χ2n) is 6.67. The van der Waals surface area contributed by atoms with Gasteiger partial charge >= 0.3 is 0 Å². The topological polar surface area (TPSA) is 20.2 Å². The molecule has 15 heavy (non-hydrogen) atoms. The van der Waals surface area contributed by atoms with Gasteiger partial charge in [0.2, 0.25) is 0 Å². The summed E-state index contributed by atoms with van der Waals surface area (Å²) in [5, 5.41) is 10.4. The molecule has 0 radical (unpaired) electrons. The van der Waals surface area contributed by atoms with Gasteiger partial charge in [-0.05, 0) is 43.4 Å². The molecule has 1 saturated carbocycles. The molecule has 0 aromatic heterocycles. The first kappa shape index (κ1) is 13.0. The number of aliphatic hydroxyl groups is 1. The van der Waals surface area contributed by atoms with Crippen molar-refractivity contribution in [1.82, 2.24) is 0 Å². The van der Waals surface area contributed by atoms with Crippen LogP contribution in [0.25, 0.3) is 0 Å². The van der Waals surface area contributed by atoms with Gasteiger partial charge < -0.3 is 5.11 Å². The minimum atomic E-state index is -0.329. The minimum absolute atomic E-state index is 0.329. The zero-order chi connectivity index (χ0) is 11.5. The van der Waals surface area contributed by atoms with Crippen LogP contribution in [0.3, 0.4) is 0 Å². The first-order valence-electron chi connectivity index (χ1n) is 6.55. The van der Waals surface area contributed by atoms with E-state index in [4.69, 9.17) is 0 Å². The molecule has 1 aliphatic rings. The minimum Gasteiger partial charge on any atom is -0.390 e. The first-order valence-corrected chi connectivity index (χ1v) is 6.55. The summed E-state index contributed by atoms with van der Waals surface area (Å²) in [5.41, 5.74) is 0.134. The van der Waals surface area contributed by atoms with Crippen molar-refractivity contribution in [2.24, 2.45) is 11.3 Å². The van der Waals surface area contributed by atoms with Crippen molar-refractivity contribution in [3.05, 3.63) is 0 Å². The molecular weight excluding hydrogens is 184 g/mol. The van der Waals surface area contributed by atoms with Crippen molar-refractivity contribution in [3.8, 4) is 0 Å². The highest BCUT2D eigenvalue weighted by Gasteiger charge is 2.35. The van der Waals surface area contributed by atoms with Gasteiger partial charge in [-0.3, -0.25) is 0 Å². The van der Waals surface area contributed by atoms with Crippen molar-refractivity contribution < 1.29 is 5.11 Å². The molecule has 1 fully saturated rings. The monoisotopic (exact) mass is 212 g/mol. The Morgan fingerprint density at radius 2 is 1.60 bits per heavy atom. The van der Waals surface area contributed by atoms with E-state index < -0.39 is 0 Å². The third-order valence-electron chi connectivity index (χ3n) is 3.96. The van der Waals surface area contributed by atoms with E-state index in [1.165, 1.54) is 25.7 Å². The average molecular weight is 212 g/mol. The normalized spacial score (nSPS) is 24.4. The van der Waals surface area contributed by atoms with Crippen LogP contribution in [0.2, 0.25) is 0 Å². The van der Waals surface area contributed by atoms with E-state index in [1.807, 2.05) is 0 Å². The summed E-state index contributed by atoms with van der Waals surface area (Å²) < 4.78 is 0. The van der Waals surface area contributed by atoms with E-state index in [9.17, 15) is 5.11 Å². The van der Waals surface area contributed by atoms with E-state index in [-0.39, 0.29) is 5.60 Å². The SMILES string of the molecule is CC(C)CCCC1(O)CCC(C)(C)CC1. The molecule has 1 N–H and O–H groups in total. The van der Waals surface area contributed by atoms with E-state index >= 15 is 0 Å². The quantitative estimate of drug-likeness (QED) is 0.742. The van der Waals surface area contributed by atoms with Gasteiger partial charge in [-0.1, -0.05) is 40.5 Å². The molecule has 0 aromatic carbocycles. The van der Waals surface area contributed by atoms with Gasteiger partial charge in [0.1, 0.15) is 0 Å². The molecule has 0 spiro atoms. The molecule has 0 atom stereocenters. The van der Waals surface area contributed by atoms with Gasteiger partial charge in [-0.25, -0.2) is 0 Å². The number of hydrogen-bond acceptors (Lipinski definition) is 1. The molecule has 0 amide bonds. The summed E-state index contributed by atoms with van der Waals surface area (Å²) in [6.45, 7) is 9.16. The highest BCUT2D eigenvalue weighted by molar-refractivity contribution is 4.88. The van der Waals surface area contributed by atoms with Crippen LogP contribution in [0, 0.1) is 11.3 Å². The smallest absolute Gasteiger partial charge is 0.0648 e. The molecule has 0 heterocycles. The van der Waals surface area contributed by atoms with E-state index in [2.05, 4.69) is 27.7 Å². The Kier molecular flexibility index (Phi) is 4.22. The van der Waals surface area contributed by atoms with Crippen LogP contribution in [0.15, 0.2) is 0 Å². The van der Waals surface area contributed by atoms with Crippen molar-refractivity contribution >= 4 is 0 Å². The summed E-state index contributed by atoms with van der Waals surface area (Å²) in [6.07, 6.45) is 7.86. The third kappa shape index (κ3) is 4.55. The predicted molar refractivity (Wildman–Crippen MR) is 65.9 cm³/mol. The summed E-state index contributed by atoms with van der Waals surface area (Å²) in [7, 11) is 0. The lowest BCUT2D eigenvalue weighted by molar-refractivity contribution is -0.0341. The van der Waals surface area contributed by atoms with Crippen LogP contribution in [0.4, 0.5) is 0 Å².